The maximum atomic E-state index is 11.2. The van der Waals surface area contributed by atoms with Crippen molar-refractivity contribution in [1.29, 1.82) is 0 Å². The molecule has 1 amide bonds. The van der Waals surface area contributed by atoms with Gasteiger partial charge in [0.05, 0.1) is 6.61 Å². The Morgan fingerprint density at radius 1 is 1.19 bits per heavy atom. The number of hydrogen-bond donors (Lipinski definition) is 1. The summed E-state index contributed by atoms with van der Waals surface area (Å²) in [7, 11) is 0. The molecule has 0 aliphatic heterocycles. The van der Waals surface area contributed by atoms with Gasteiger partial charge in [-0.3, -0.25) is 5.32 Å². The predicted molar refractivity (Wildman–Crippen MR) is 58.0 cm³/mol. The Labute approximate surface area is 93.4 Å². The molecule has 16 heavy (non-hydrogen) atoms. The van der Waals surface area contributed by atoms with E-state index in [1.165, 1.54) is 0 Å². The van der Waals surface area contributed by atoms with Gasteiger partial charge in [0.15, 0.2) is 6.61 Å². The van der Waals surface area contributed by atoms with Gasteiger partial charge in [-0.2, -0.15) is 0 Å². The van der Waals surface area contributed by atoms with E-state index in [4.69, 9.17) is 0 Å². The maximum absolute atomic E-state index is 11.2. The predicted octanol–water partition coefficient (Wildman–Crippen LogP) is 1.80. The van der Waals surface area contributed by atoms with Gasteiger partial charge in [0, 0.05) is 5.69 Å². The molecule has 0 saturated heterocycles. The molecule has 0 radical (unpaired) electrons. The quantitative estimate of drug-likeness (QED) is 0.790. The first-order chi connectivity index (χ1) is 7.72. The lowest BCUT2D eigenvalue weighted by molar-refractivity contribution is -0.146. The first kappa shape index (κ1) is 12.0. The number of carbonyl (C=O) groups excluding carboxylic acids is 2. The number of amides is 1. The van der Waals surface area contributed by atoms with Crippen molar-refractivity contribution in [2.45, 2.75) is 6.92 Å². The van der Waals surface area contributed by atoms with Crippen LogP contribution in [-0.4, -0.2) is 25.3 Å². The Balaban J connectivity index is 2.29. The fourth-order valence-electron chi connectivity index (χ4n) is 1.00. The Hall–Kier alpha value is -2.04. The van der Waals surface area contributed by atoms with Gasteiger partial charge < -0.3 is 9.47 Å². The molecule has 0 spiro atoms. The largest absolute Gasteiger partial charge is 0.463 e. The number of hydrogen-bond acceptors (Lipinski definition) is 4. The third kappa shape index (κ3) is 4.45. The molecule has 0 aliphatic carbocycles. The Kier molecular flexibility index (Phi) is 4.85. The molecule has 1 N–H and O–H groups in total. The van der Waals surface area contributed by atoms with Gasteiger partial charge in [-0.05, 0) is 19.1 Å². The lowest BCUT2D eigenvalue weighted by Gasteiger charge is -2.06. The number of rotatable bonds is 4. The summed E-state index contributed by atoms with van der Waals surface area (Å²) in [6.45, 7) is 1.57. The summed E-state index contributed by atoms with van der Waals surface area (Å²) >= 11 is 0. The van der Waals surface area contributed by atoms with Gasteiger partial charge in [0.2, 0.25) is 0 Å². The lowest BCUT2D eigenvalue weighted by atomic mass is 10.3. The molecule has 1 aromatic rings. The van der Waals surface area contributed by atoms with E-state index in [1.54, 1.807) is 31.2 Å². The number of para-hydroxylation sites is 1. The molecule has 86 valence electrons. The van der Waals surface area contributed by atoms with Gasteiger partial charge in [0.1, 0.15) is 0 Å². The second-order valence-electron chi connectivity index (χ2n) is 2.87. The average molecular weight is 223 g/mol. The van der Waals surface area contributed by atoms with E-state index in [-0.39, 0.29) is 13.2 Å². The number of esters is 1. The Morgan fingerprint density at radius 2 is 1.88 bits per heavy atom. The van der Waals surface area contributed by atoms with Crippen LogP contribution in [0, 0.1) is 0 Å². The molecule has 5 heteroatoms. The zero-order valence-corrected chi connectivity index (χ0v) is 8.93. The van der Waals surface area contributed by atoms with Crippen LogP contribution in [0.2, 0.25) is 0 Å². The van der Waals surface area contributed by atoms with E-state index in [2.05, 4.69) is 14.8 Å². The lowest BCUT2D eigenvalue weighted by Crippen LogP contribution is -2.20. The summed E-state index contributed by atoms with van der Waals surface area (Å²) in [5, 5.41) is 2.47. The molecule has 0 unspecified atom stereocenters. The fraction of sp³-hybridized carbons (Fsp3) is 0.273. The number of carbonyl (C=O) groups is 2. The van der Waals surface area contributed by atoms with Crippen LogP contribution in [0.5, 0.6) is 0 Å². The van der Waals surface area contributed by atoms with Crippen molar-refractivity contribution in [3.63, 3.8) is 0 Å². The summed E-state index contributed by atoms with van der Waals surface area (Å²) < 4.78 is 9.23. The van der Waals surface area contributed by atoms with Crippen LogP contribution >= 0.6 is 0 Å². The summed E-state index contributed by atoms with van der Waals surface area (Å²) in [5.74, 6) is -0.564. The van der Waals surface area contributed by atoms with Crippen LogP contribution in [0.15, 0.2) is 30.3 Å². The van der Waals surface area contributed by atoms with Crippen LogP contribution < -0.4 is 5.32 Å². The van der Waals surface area contributed by atoms with Gasteiger partial charge >= 0.3 is 12.1 Å². The maximum Gasteiger partial charge on any atom is 0.412 e. The van der Waals surface area contributed by atoms with Gasteiger partial charge in [-0.1, -0.05) is 18.2 Å². The van der Waals surface area contributed by atoms with Gasteiger partial charge in [-0.15, -0.1) is 0 Å². The van der Waals surface area contributed by atoms with Crippen molar-refractivity contribution in [3.05, 3.63) is 30.3 Å². The topological polar surface area (TPSA) is 64.6 Å². The number of benzene rings is 1. The average Bonchev–Trinajstić information content (AvgIpc) is 2.28. The Bertz CT molecular complexity index is 350. The van der Waals surface area contributed by atoms with E-state index in [0.717, 1.165) is 0 Å². The fourth-order valence-corrected chi connectivity index (χ4v) is 1.00. The van der Waals surface area contributed by atoms with Gasteiger partial charge in [-0.25, -0.2) is 9.59 Å². The second kappa shape index (κ2) is 6.44. The summed E-state index contributed by atoms with van der Waals surface area (Å²) in [6, 6.07) is 8.81. The van der Waals surface area contributed by atoms with Crippen LogP contribution in [0.25, 0.3) is 0 Å². The molecule has 0 saturated carbocycles. The standard InChI is InChI=1S/C11H13NO4/c1-2-15-10(13)8-16-11(14)12-9-6-4-3-5-7-9/h3-7H,2,8H2,1H3,(H,12,14). The van der Waals surface area contributed by atoms with Crippen LogP contribution in [0.1, 0.15) is 6.92 Å². The zero-order valence-electron chi connectivity index (χ0n) is 8.93. The zero-order chi connectivity index (χ0) is 11.8. The van der Waals surface area contributed by atoms with Crippen LogP contribution in [-0.2, 0) is 14.3 Å². The number of ether oxygens (including phenoxy) is 2. The third-order valence-corrected chi connectivity index (χ3v) is 1.65. The number of nitrogens with one attached hydrogen (secondary N) is 1. The molecule has 0 atom stereocenters. The molecule has 0 aliphatic rings. The summed E-state index contributed by atoms with van der Waals surface area (Å²) in [6.07, 6.45) is -0.681. The molecule has 0 bridgehead atoms. The van der Waals surface area contributed by atoms with E-state index in [0.29, 0.717) is 5.69 Å². The molecule has 1 rings (SSSR count). The highest BCUT2D eigenvalue weighted by molar-refractivity contribution is 5.86. The first-order valence-electron chi connectivity index (χ1n) is 4.87. The molecule has 5 nitrogen and oxygen atoms in total. The van der Waals surface area contributed by atoms with Crippen molar-refractivity contribution < 1.29 is 19.1 Å². The highest BCUT2D eigenvalue weighted by atomic mass is 16.6. The molecule has 1 aromatic carbocycles. The molecule has 0 fully saturated rings. The van der Waals surface area contributed by atoms with E-state index in [1.807, 2.05) is 6.07 Å². The highest BCUT2D eigenvalue weighted by Gasteiger charge is 2.07. The van der Waals surface area contributed by atoms with E-state index < -0.39 is 12.1 Å². The van der Waals surface area contributed by atoms with Crippen molar-refractivity contribution in [3.8, 4) is 0 Å². The minimum Gasteiger partial charge on any atom is -0.463 e. The van der Waals surface area contributed by atoms with Crippen molar-refractivity contribution >= 4 is 17.7 Å². The Morgan fingerprint density at radius 3 is 2.50 bits per heavy atom. The SMILES string of the molecule is CCOC(=O)COC(=O)Nc1ccccc1. The summed E-state index contributed by atoms with van der Waals surface area (Å²) in [4.78, 5) is 22.1. The molecule has 0 heterocycles. The normalized spacial score (nSPS) is 9.31. The van der Waals surface area contributed by atoms with Crippen molar-refractivity contribution in [2.75, 3.05) is 18.5 Å². The molecule has 0 aromatic heterocycles. The smallest absolute Gasteiger partial charge is 0.412 e. The van der Waals surface area contributed by atoms with Crippen molar-refractivity contribution in [2.24, 2.45) is 0 Å². The second-order valence-corrected chi connectivity index (χ2v) is 2.87. The monoisotopic (exact) mass is 223 g/mol. The van der Waals surface area contributed by atoms with E-state index >= 15 is 0 Å². The van der Waals surface area contributed by atoms with Crippen LogP contribution in [0.4, 0.5) is 10.5 Å². The van der Waals surface area contributed by atoms with Crippen molar-refractivity contribution in [1.82, 2.24) is 0 Å². The third-order valence-electron chi connectivity index (χ3n) is 1.65. The van der Waals surface area contributed by atoms with E-state index in [9.17, 15) is 9.59 Å². The van der Waals surface area contributed by atoms with Crippen LogP contribution in [0.3, 0.4) is 0 Å². The minimum absolute atomic E-state index is 0.266. The molecular weight excluding hydrogens is 210 g/mol. The van der Waals surface area contributed by atoms with Gasteiger partial charge in [0.25, 0.3) is 0 Å². The minimum atomic E-state index is -0.681. The molecular formula is C11H13NO4. The summed E-state index contributed by atoms with van der Waals surface area (Å²) in [5.41, 5.74) is 0.608. The highest BCUT2D eigenvalue weighted by Crippen LogP contribution is 2.04. The number of anilines is 1. The first-order valence-corrected chi connectivity index (χ1v) is 4.87.